The first-order valence-electron chi connectivity index (χ1n) is 8.38. The van der Waals surface area contributed by atoms with Gasteiger partial charge in [-0.05, 0) is 43.0 Å². The maximum absolute atomic E-state index is 12.4. The molecular formula is C21H22N2O. The van der Waals surface area contributed by atoms with Crippen molar-refractivity contribution in [2.75, 3.05) is 5.32 Å². The molecule has 0 atom stereocenters. The molecule has 0 saturated carbocycles. The molecule has 3 rings (SSSR count). The van der Waals surface area contributed by atoms with Gasteiger partial charge in [-0.2, -0.15) is 0 Å². The van der Waals surface area contributed by atoms with Crippen molar-refractivity contribution in [3.05, 3.63) is 71.9 Å². The number of pyridine rings is 1. The lowest BCUT2D eigenvalue weighted by Crippen LogP contribution is -2.12. The van der Waals surface area contributed by atoms with E-state index >= 15 is 0 Å². The minimum atomic E-state index is -0.113. The Hall–Kier alpha value is -2.68. The lowest BCUT2D eigenvalue weighted by molar-refractivity contribution is 0.102. The van der Waals surface area contributed by atoms with Crippen molar-refractivity contribution >= 4 is 22.5 Å². The Morgan fingerprint density at radius 3 is 2.54 bits per heavy atom. The number of hydrogen-bond acceptors (Lipinski definition) is 2. The van der Waals surface area contributed by atoms with Crippen LogP contribution in [0.15, 0.2) is 60.7 Å². The number of nitrogens with one attached hydrogen (secondary N) is 1. The van der Waals surface area contributed by atoms with Crippen LogP contribution in [0.2, 0.25) is 0 Å². The summed E-state index contributed by atoms with van der Waals surface area (Å²) in [5.41, 5.74) is 3.32. The van der Waals surface area contributed by atoms with E-state index in [1.165, 1.54) is 0 Å². The summed E-state index contributed by atoms with van der Waals surface area (Å²) in [6.07, 6.45) is 2.06. The van der Waals surface area contributed by atoms with E-state index in [0.29, 0.717) is 11.5 Å². The van der Waals surface area contributed by atoms with Crippen LogP contribution in [0.4, 0.5) is 5.69 Å². The zero-order valence-corrected chi connectivity index (χ0v) is 14.1. The maximum Gasteiger partial charge on any atom is 0.255 e. The van der Waals surface area contributed by atoms with E-state index in [-0.39, 0.29) is 5.91 Å². The SMILES string of the molecule is CC(C)CCc1ccc2cccc(NC(=O)c3ccccc3)c2n1. The maximum atomic E-state index is 12.4. The standard InChI is InChI=1S/C21H22N2O/c1-15(2)11-13-18-14-12-16-9-6-10-19(20(16)22-18)23-21(24)17-7-4-3-5-8-17/h3-10,12,14-15H,11,13H2,1-2H3,(H,23,24). The summed E-state index contributed by atoms with van der Waals surface area (Å²) in [6.45, 7) is 4.43. The Morgan fingerprint density at radius 1 is 1.00 bits per heavy atom. The average Bonchev–Trinajstić information content (AvgIpc) is 2.61. The van der Waals surface area contributed by atoms with Crippen LogP contribution < -0.4 is 5.32 Å². The van der Waals surface area contributed by atoms with E-state index in [1.807, 2.05) is 48.5 Å². The van der Waals surface area contributed by atoms with Crippen LogP contribution in [0.1, 0.15) is 36.3 Å². The van der Waals surface area contributed by atoms with Gasteiger partial charge in [0.05, 0.1) is 11.2 Å². The Labute approximate surface area is 142 Å². The molecular weight excluding hydrogens is 296 g/mol. The highest BCUT2D eigenvalue weighted by Gasteiger charge is 2.09. The van der Waals surface area contributed by atoms with Crippen molar-refractivity contribution in [2.45, 2.75) is 26.7 Å². The molecule has 122 valence electrons. The van der Waals surface area contributed by atoms with Gasteiger partial charge in [-0.25, -0.2) is 0 Å². The second-order valence-corrected chi connectivity index (χ2v) is 6.43. The van der Waals surface area contributed by atoms with Crippen molar-refractivity contribution in [2.24, 2.45) is 5.92 Å². The predicted octanol–water partition coefficient (Wildman–Crippen LogP) is 5.08. The molecule has 0 aliphatic carbocycles. The summed E-state index contributed by atoms with van der Waals surface area (Å²) in [4.78, 5) is 17.2. The van der Waals surface area contributed by atoms with Crippen LogP contribution in [0.5, 0.6) is 0 Å². The fraction of sp³-hybridized carbons (Fsp3) is 0.238. The molecule has 3 heteroatoms. The van der Waals surface area contributed by atoms with Gasteiger partial charge in [0.15, 0.2) is 0 Å². The smallest absolute Gasteiger partial charge is 0.255 e. The van der Waals surface area contributed by atoms with Crippen LogP contribution in [0.25, 0.3) is 10.9 Å². The molecule has 1 amide bonds. The first-order valence-corrected chi connectivity index (χ1v) is 8.38. The van der Waals surface area contributed by atoms with Crippen molar-refractivity contribution < 1.29 is 4.79 Å². The van der Waals surface area contributed by atoms with Gasteiger partial charge in [0, 0.05) is 16.6 Å². The summed E-state index contributed by atoms with van der Waals surface area (Å²) in [6, 6.07) is 19.3. The van der Waals surface area contributed by atoms with Gasteiger partial charge in [-0.3, -0.25) is 9.78 Å². The highest BCUT2D eigenvalue weighted by Crippen LogP contribution is 2.23. The minimum absolute atomic E-state index is 0.113. The van der Waals surface area contributed by atoms with Gasteiger partial charge in [-0.1, -0.05) is 50.2 Å². The second-order valence-electron chi connectivity index (χ2n) is 6.43. The Bertz CT molecular complexity index is 841. The summed E-state index contributed by atoms with van der Waals surface area (Å²) in [5, 5.41) is 4.03. The summed E-state index contributed by atoms with van der Waals surface area (Å²) < 4.78 is 0. The molecule has 1 aromatic heterocycles. The van der Waals surface area contributed by atoms with Gasteiger partial charge in [0.1, 0.15) is 0 Å². The third kappa shape index (κ3) is 3.80. The number of carbonyl (C=O) groups excluding carboxylic acids is 1. The molecule has 0 radical (unpaired) electrons. The van der Waals surface area contributed by atoms with Gasteiger partial charge in [-0.15, -0.1) is 0 Å². The molecule has 0 spiro atoms. The largest absolute Gasteiger partial charge is 0.320 e. The fourth-order valence-corrected chi connectivity index (χ4v) is 2.65. The molecule has 24 heavy (non-hydrogen) atoms. The van der Waals surface area contributed by atoms with Gasteiger partial charge in [0.25, 0.3) is 5.91 Å². The van der Waals surface area contributed by atoms with Crippen molar-refractivity contribution in [3.8, 4) is 0 Å². The number of benzene rings is 2. The molecule has 0 unspecified atom stereocenters. The average molecular weight is 318 g/mol. The molecule has 0 fully saturated rings. The van der Waals surface area contributed by atoms with Crippen LogP contribution >= 0.6 is 0 Å². The van der Waals surface area contributed by atoms with E-state index in [0.717, 1.165) is 35.1 Å². The van der Waals surface area contributed by atoms with E-state index in [1.54, 1.807) is 0 Å². The lowest BCUT2D eigenvalue weighted by Gasteiger charge is -2.10. The molecule has 0 bridgehead atoms. The van der Waals surface area contributed by atoms with Crippen LogP contribution in [0, 0.1) is 5.92 Å². The molecule has 3 aromatic rings. The summed E-state index contributed by atoms with van der Waals surface area (Å²) in [5.74, 6) is 0.535. The molecule has 3 nitrogen and oxygen atoms in total. The molecule has 0 aliphatic heterocycles. The zero-order valence-electron chi connectivity index (χ0n) is 14.1. The third-order valence-electron chi connectivity index (χ3n) is 4.04. The lowest BCUT2D eigenvalue weighted by atomic mass is 10.1. The van der Waals surface area contributed by atoms with Gasteiger partial charge >= 0.3 is 0 Å². The van der Waals surface area contributed by atoms with Crippen LogP contribution in [-0.2, 0) is 6.42 Å². The molecule has 0 saturated heterocycles. The number of carbonyl (C=O) groups is 1. The number of anilines is 1. The Kier molecular flexibility index (Phi) is 4.90. The molecule has 1 N–H and O–H groups in total. The van der Waals surface area contributed by atoms with E-state index in [9.17, 15) is 4.79 Å². The number of fused-ring (bicyclic) bond motifs is 1. The number of hydrogen-bond donors (Lipinski definition) is 1. The fourth-order valence-electron chi connectivity index (χ4n) is 2.65. The second kappa shape index (κ2) is 7.26. The highest BCUT2D eigenvalue weighted by atomic mass is 16.1. The predicted molar refractivity (Wildman–Crippen MR) is 99.3 cm³/mol. The summed E-state index contributed by atoms with van der Waals surface area (Å²) >= 11 is 0. The monoisotopic (exact) mass is 318 g/mol. The van der Waals surface area contributed by atoms with Crippen LogP contribution in [-0.4, -0.2) is 10.9 Å². The van der Waals surface area contributed by atoms with E-state index in [2.05, 4.69) is 31.3 Å². The number of amides is 1. The number of rotatable bonds is 5. The number of para-hydroxylation sites is 1. The third-order valence-corrected chi connectivity index (χ3v) is 4.04. The van der Waals surface area contributed by atoms with Gasteiger partial charge in [0.2, 0.25) is 0 Å². The summed E-state index contributed by atoms with van der Waals surface area (Å²) in [7, 11) is 0. The number of aryl methyl sites for hydroxylation is 1. The van der Waals surface area contributed by atoms with Crippen molar-refractivity contribution in [1.29, 1.82) is 0 Å². The van der Waals surface area contributed by atoms with Crippen molar-refractivity contribution in [3.63, 3.8) is 0 Å². The van der Waals surface area contributed by atoms with E-state index in [4.69, 9.17) is 4.98 Å². The molecule has 0 aliphatic rings. The Balaban J connectivity index is 1.89. The van der Waals surface area contributed by atoms with Crippen LogP contribution in [0.3, 0.4) is 0 Å². The Morgan fingerprint density at radius 2 is 1.79 bits per heavy atom. The highest BCUT2D eigenvalue weighted by molar-refractivity contribution is 6.08. The minimum Gasteiger partial charge on any atom is -0.320 e. The quantitative estimate of drug-likeness (QED) is 0.713. The number of aromatic nitrogens is 1. The topological polar surface area (TPSA) is 42.0 Å². The van der Waals surface area contributed by atoms with Crippen molar-refractivity contribution in [1.82, 2.24) is 4.98 Å². The number of nitrogens with zero attached hydrogens (tertiary/aromatic N) is 1. The molecule has 1 heterocycles. The first-order chi connectivity index (χ1) is 11.6. The first kappa shape index (κ1) is 16.2. The zero-order chi connectivity index (χ0) is 16.9. The van der Waals surface area contributed by atoms with Gasteiger partial charge < -0.3 is 5.32 Å². The van der Waals surface area contributed by atoms with E-state index < -0.39 is 0 Å². The molecule has 2 aromatic carbocycles. The normalized spacial score (nSPS) is 11.0.